The van der Waals surface area contributed by atoms with Crippen molar-refractivity contribution in [2.75, 3.05) is 36.0 Å². The van der Waals surface area contributed by atoms with E-state index in [2.05, 4.69) is 30.2 Å². The van der Waals surface area contributed by atoms with Crippen LogP contribution in [0.25, 0.3) is 10.7 Å². The number of nitrogens with zero attached hydrogens (tertiary/aromatic N) is 7. The second-order valence-corrected chi connectivity index (χ2v) is 8.72. The molecular formula is C17H15Cl2N7S. The third kappa shape index (κ3) is 3.15. The molecule has 2 saturated heterocycles. The average molecular weight is 420 g/mol. The summed E-state index contributed by atoms with van der Waals surface area (Å²) in [5.74, 6) is 1.66. The Morgan fingerprint density at radius 2 is 1.81 bits per heavy atom. The van der Waals surface area contributed by atoms with Gasteiger partial charge in [-0.25, -0.2) is 4.98 Å². The second-order valence-electron chi connectivity index (χ2n) is 6.87. The molecule has 2 radical (unpaired) electrons. The third-order valence-corrected chi connectivity index (χ3v) is 6.76. The molecule has 0 N–H and O–H groups in total. The van der Waals surface area contributed by atoms with Gasteiger partial charge in [0.15, 0.2) is 5.13 Å². The first kappa shape index (κ1) is 17.2. The fourth-order valence-electron chi connectivity index (χ4n) is 3.91. The lowest BCUT2D eigenvalue weighted by atomic mass is 10.0. The van der Waals surface area contributed by atoms with Crippen LogP contribution in [-0.2, 0) is 0 Å². The molecule has 5 rings (SSSR count). The summed E-state index contributed by atoms with van der Waals surface area (Å²) in [6.45, 7) is 3.90. The number of aromatic nitrogens is 5. The van der Waals surface area contributed by atoms with Crippen LogP contribution < -0.4 is 9.80 Å². The predicted octanol–water partition coefficient (Wildman–Crippen LogP) is 3.19. The molecule has 2 aromatic heterocycles. The molecule has 0 bridgehead atoms. The highest BCUT2D eigenvalue weighted by Crippen LogP contribution is 2.40. The predicted molar refractivity (Wildman–Crippen MR) is 106 cm³/mol. The summed E-state index contributed by atoms with van der Waals surface area (Å²) in [5.41, 5.74) is 1.03. The van der Waals surface area contributed by atoms with E-state index in [1.807, 2.05) is 18.2 Å². The number of rotatable bonds is 3. The first-order valence-electron chi connectivity index (χ1n) is 8.53. The Kier molecular flexibility index (Phi) is 4.22. The number of fused-ring (bicyclic) bond motifs is 1. The zero-order valence-electron chi connectivity index (χ0n) is 14.2. The molecular weight excluding hydrogens is 405 g/mol. The van der Waals surface area contributed by atoms with Gasteiger partial charge in [0.1, 0.15) is 7.05 Å². The van der Waals surface area contributed by atoms with Gasteiger partial charge in [0, 0.05) is 43.0 Å². The number of benzene rings is 1. The van der Waals surface area contributed by atoms with Gasteiger partial charge >= 0.3 is 0 Å². The van der Waals surface area contributed by atoms with Crippen molar-refractivity contribution in [1.82, 2.24) is 25.2 Å². The summed E-state index contributed by atoms with van der Waals surface area (Å²) < 4.78 is 0. The molecule has 27 heavy (non-hydrogen) atoms. The standard InChI is InChI=1S/C17H15Cl2N7S/c1-24-22-16(21-23-24)15-5-20-17(27-15)26-8-10-6-25(7-11(10)9-26)14-4-12(18)2-3-13(14)19/h1-5,10-11H,6-9H2. The Bertz CT molecular complexity index is 973. The molecule has 0 spiro atoms. The van der Waals surface area contributed by atoms with Crippen LogP contribution in [0, 0.1) is 18.9 Å². The van der Waals surface area contributed by atoms with E-state index in [9.17, 15) is 0 Å². The fraction of sp³-hybridized carbons (Fsp3) is 0.353. The molecule has 0 amide bonds. The Morgan fingerprint density at radius 3 is 2.52 bits per heavy atom. The van der Waals surface area contributed by atoms with Crippen LogP contribution in [0.3, 0.4) is 0 Å². The Labute approximate surface area is 170 Å². The lowest BCUT2D eigenvalue weighted by Gasteiger charge is -2.24. The molecule has 2 atom stereocenters. The SMILES string of the molecule is [CH]n1nnc(-c2cnc(N3CC4CN(c5cc(Cl)ccc5Cl)CC4C3)s2)n1. The Hall–Kier alpha value is -1.90. The minimum absolute atomic E-state index is 0.502. The normalized spacial score (nSPS) is 21.9. The van der Waals surface area contributed by atoms with E-state index >= 15 is 0 Å². The van der Waals surface area contributed by atoms with Crippen molar-refractivity contribution in [3.8, 4) is 10.7 Å². The van der Waals surface area contributed by atoms with Crippen molar-refractivity contribution >= 4 is 45.4 Å². The molecule has 2 fully saturated rings. The summed E-state index contributed by atoms with van der Waals surface area (Å²) in [7, 11) is 5.47. The average Bonchev–Trinajstić information content (AvgIpc) is 3.38. The molecule has 7 nitrogen and oxygen atoms in total. The maximum atomic E-state index is 6.37. The largest absolute Gasteiger partial charge is 0.370 e. The second kappa shape index (κ2) is 6.61. The van der Waals surface area contributed by atoms with Crippen LogP contribution in [0.2, 0.25) is 10.0 Å². The van der Waals surface area contributed by atoms with Crippen molar-refractivity contribution in [1.29, 1.82) is 0 Å². The van der Waals surface area contributed by atoms with Crippen molar-refractivity contribution in [2.24, 2.45) is 11.8 Å². The molecule has 2 unspecified atom stereocenters. The quantitative estimate of drug-likeness (QED) is 0.649. The molecule has 138 valence electrons. The van der Waals surface area contributed by atoms with Gasteiger partial charge in [-0.05, 0) is 23.4 Å². The van der Waals surface area contributed by atoms with E-state index in [1.54, 1.807) is 17.5 Å². The van der Waals surface area contributed by atoms with E-state index in [1.165, 1.54) is 0 Å². The van der Waals surface area contributed by atoms with Crippen molar-refractivity contribution in [3.63, 3.8) is 0 Å². The topological polar surface area (TPSA) is 63.0 Å². The van der Waals surface area contributed by atoms with Crippen LogP contribution in [0.4, 0.5) is 10.8 Å². The van der Waals surface area contributed by atoms with Crippen LogP contribution in [0.15, 0.2) is 24.4 Å². The highest BCUT2D eigenvalue weighted by Gasteiger charge is 2.41. The van der Waals surface area contributed by atoms with E-state index in [0.717, 1.165) is 51.7 Å². The van der Waals surface area contributed by atoms with Crippen molar-refractivity contribution in [2.45, 2.75) is 0 Å². The number of halogens is 2. The monoisotopic (exact) mass is 419 g/mol. The molecule has 0 aliphatic carbocycles. The van der Waals surface area contributed by atoms with E-state index < -0.39 is 0 Å². The van der Waals surface area contributed by atoms with Crippen LogP contribution >= 0.6 is 34.5 Å². The maximum Gasteiger partial charge on any atom is 0.216 e. The van der Waals surface area contributed by atoms with Crippen LogP contribution in [0.5, 0.6) is 0 Å². The van der Waals surface area contributed by atoms with Crippen LogP contribution in [0.1, 0.15) is 0 Å². The Balaban J connectivity index is 1.29. The van der Waals surface area contributed by atoms with Gasteiger partial charge < -0.3 is 9.80 Å². The summed E-state index contributed by atoms with van der Waals surface area (Å²) >= 11 is 14.1. The van der Waals surface area contributed by atoms with Crippen LogP contribution in [-0.4, -0.2) is 51.4 Å². The Morgan fingerprint density at radius 1 is 1.07 bits per heavy atom. The van der Waals surface area contributed by atoms with Gasteiger partial charge in [-0.1, -0.05) is 34.5 Å². The molecule has 2 aliphatic heterocycles. The minimum Gasteiger partial charge on any atom is -0.370 e. The molecule has 1 aromatic carbocycles. The molecule has 3 aromatic rings. The van der Waals surface area contributed by atoms with Gasteiger partial charge in [-0.15, -0.1) is 10.2 Å². The van der Waals surface area contributed by atoms with E-state index in [0.29, 0.717) is 22.7 Å². The zero-order valence-corrected chi connectivity index (χ0v) is 16.5. The van der Waals surface area contributed by atoms with Gasteiger partial charge in [-0.2, -0.15) is 4.80 Å². The van der Waals surface area contributed by atoms with Crippen molar-refractivity contribution < 1.29 is 0 Å². The maximum absolute atomic E-state index is 6.37. The first-order valence-corrected chi connectivity index (χ1v) is 10.1. The number of hydrogen-bond donors (Lipinski definition) is 0. The number of tetrazole rings is 1. The summed E-state index contributed by atoms with van der Waals surface area (Å²) in [5, 5.41) is 14.1. The van der Waals surface area contributed by atoms with Gasteiger partial charge in [0.05, 0.1) is 21.8 Å². The highest BCUT2D eigenvalue weighted by molar-refractivity contribution is 7.18. The number of thiazole rings is 1. The number of anilines is 2. The summed E-state index contributed by atoms with van der Waals surface area (Å²) in [6, 6.07) is 5.64. The smallest absolute Gasteiger partial charge is 0.216 e. The minimum atomic E-state index is 0.502. The third-order valence-electron chi connectivity index (χ3n) is 5.15. The lowest BCUT2D eigenvalue weighted by molar-refractivity contribution is 0.533. The van der Waals surface area contributed by atoms with Gasteiger partial charge in [-0.3, -0.25) is 0 Å². The van der Waals surface area contributed by atoms with Crippen molar-refractivity contribution in [3.05, 3.63) is 41.5 Å². The number of hydrogen-bond acceptors (Lipinski definition) is 7. The summed E-state index contributed by atoms with van der Waals surface area (Å²) in [6.07, 6.45) is 1.78. The molecule has 4 heterocycles. The van der Waals surface area contributed by atoms with Gasteiger partial charge in [0.2, 0.25) is 5.82 Å². The summed E-state index contributed by atoms with van der Waals surface area (Å²) in [4.78, 5) is 11.1. The first-order chi connectivity index (χ1) is 13.1. The fourth-order valence-corrected chi connectivity index (χ4v) is 5.17. The van der Waals surface area contributed by atoms with E-state index in [-0.39, 0.29) is 0 Å². The van der Waals surface area contributed by atoms with Gasteiger partial charge in [0.25, 0.3) is 0 Å². The highest BCUT2D eigenvalue weighted by atomic mass is 35.5. The zero-order chi connectivity index (χ0) is 18.5. The lowest BCUT2D eigenvalue weighted by Crippen LogP contribution is -2.28. The molecule has 10 heteroatoms. The molecule has 2 aliphatic rings. The van der Waals surface area contributed by atoms with E-state index in [4.69, 9.17) is 30.2 Å². The molecule has 0 saturated carbocycles.